The number of ether oxygens (including phenoxy) is 1. The fourth-order valence-electron chi connectivity index (χ4n) is 5.52. The van der Waals surface area contributed by atoms with Crippen molar-refractivity contribution in [2.45, 2.75) is 46.0 Å². The Bertz CT molecular complexity index is 1430. The molecule has 0 atom stereocenters. The van der Waals surface area contributed by atoms with E-state index in [1.165, 1.54) is 22.3 Å². The van der Waals surface area contributed by atoms with E-state index in [0.29, 0.717) is 12.5 Å². The second-order valence-corrected chi connectivity index (χ2v) is 10.1. The van der Waals surface area contributed by atoms with Crippen molar-refractivity contribution in [2.75, 3.05) is 24.6 Å². The minimum absolute atomic E-state index is 0.417. The standard InChI is InChI=1S/C31H33N5O/c1-4-37-26-11-9-23(10-12-26)29-21(3)34-30(35-29)24-13-15-36(16-14-24)31-27-17-25(18-28(27)32-19-33-31)22-7-5-20(2)6-8-22/h5-12,17,19,24H,4,13-16,18H2,1-3H3,(H,34,35). The first-order valence-corrected chi connectivity index (χ1v) is 13.2. The molecular weight excluding hydrogens is 458 g/mol. The molecule has 0 radical (unpaired) electrons. The van der Waals surface area contributed by atoms with E-state index in [-0.39, 0.29) is 0 Å². The zero-order chi connectivity index (χ0) is 25.4. The molecule has 4 aromatic rings. The molecular formula is C31H33N5O. The Labute approximate surface area is 218 Å². The smallest absolute Gasteiger partial charge is 0.139 e. The molecule has 1 fully saturated rings. The summed E-state index contributed by atoms with van der Waals surface area (Å²) in [6, 6.07) is 17.0. The third kappa shape index (κ3) is 4.64. The van der Waals surface area contributed by atoms with Crippen molar-refractivity contribution in [3.63, 3.8) is 0 Å². The maximum absolute atomic E-state index is 5.59. The maximum Gasteiger partial charge on any atom is 0.139 e. The maximum atomic E-state index is 5.59. The highest BCUT2D eigenvalue weighted by Gasteiger charge is 2.28. The lowest BCUT2D eigenvalue weighted by atomic mass is 9.96. The summed E-state index contributed by atoms with van der Waals surface area (Å²) in [5.41, 5.74) is 9.44. The van der Waals surface area contributed by atoms with Gasteiger partial charge in [0.2, 0.25) is 0 Å². The predicted octanol–water partition coefficient (Wildman–Crippen LogP) is 6.36. The van der Waals surface area contributed by atoms with Gasteiger partial charge in [0.15, 0.2) is 0 Å². The monoisotopic (exact) mass is 491 g/mol. The van der Waals surface area contributed by atoms with Gasteiger partial charge in [0, 0.05) is 42.2 Å². The summed E-state index contributed by atoms with van der Waals surface area (Å²) in [5.74, 6) is 3.47. The number of aromatic amines is 1. The van der Waals surface area contributed by atoms with Gasteiger partial charge in [-0.3, -0.25) is 0 Å². The Morgan fingerprint density at radius 2 is 1.68 bits per heavy atom. The molecule has 0 spiro atoms. The molecule has 2 aliphatic rings. The first-order valence-electron chi connectivity index (χ1n) is 13.2. The van der Waals surface area contributed by atoms with Crippen LogP contribution in [-0.4, -0.2) is 39.6 Å². The number of aromatic nitrogens is 4. The number of imidazole rings is 1. The van der Waals surface area contributed by atoms with Crippen molar-refractivity contribution in [3.8, 4) is 17.0 Å². The Morgan fingerprint density at radius 1 is 0.946 bits per heavy atom. The lowest BCUT2D eigenvalue weighted by Gasteiger charge is -2.32. The number of allylic oxidation sites excluding steroid dienone is 1. The number of anilines is 1. The molecule has 1 saturated heterocycles. The number of benzene rings is 2. The normalized spacial score (nSPS) is 15.5. The van der Waals surface area contributed by atoms with Crippen LogP contribution in [0.15, 0.2) is 54.9 Å². The molecule has 3 heterocycles. The van der Waals surface area contributed by atoms with Crippen molar-refractivity contribution in [2.24, 2.45) is 0 Å². The summed E-state index contributed by atoms with van der Waals surface area (Å²) in [6.45, 7) is 8.83. The van der Waals surface area contributed by atoms with Gasteiger partial charge in [0.1, 0.15) is 23.7 Å². The van der Waals surface area contributed by atoms with Gasteiger partial charge in [-0.25, -0.2) is 15.0 Å². The molecule has 1 aliphatic heterocycles. The van der Waals surface area contributed by atoms with Crippen molar-refractivity contribution in [1.82, 2.24) is 19.9 Å². The van der Waals surface area contributed by atoms with Gasteiger partial charge >= 0.3 is 0 Å². The van der Waals surface area contributed by atoms with E-state index in [0.717, 1.165) is 72.4 Å². The van der Waals surface area contributed by atoms with E-state index < -0.39 is 0 Å². The summed E-state index contributed by atoms with van der Waals surface area (Å²) in [7, 11) is 0. The van der Waals surface area contributed by atoms with Crippen LogP contribution in [0.5, 0.6) is 5.75 Å². The van der Waals surface area contributed by atoms with Crippen LogP contribution in [0.1, 0.15) is 59.6 Å². The van der Waals surface area contributed by atoms with Gasteiger partial charge in [-0.2, -0.15) is 0 Å². The summed E-state index contributed by atoms with van der Waals surface area (Å²) >= 11 is 0. The zero-order valence-corrected chi connectivity index (χ0v) is 21.8. The Hall–Kier alpha value is -3.93. The number of H-pyrrole nitrogens is 1. The van der Waals surface area contributed by atoms with Crippen molar-refractivity contribution in [3.05, 3.63) is 88.8 Å². The number of nitrogens with zero attached hydrogens (tertiary/aromatic N) is 4. The Morgan fingerprint density at radius 3 is 2.41 bits per heavy atom. The van der Waals surface area contributed by atoms with E-state index in [4.69, 9.17) is 14.7 Å². The number of aryl methyl sites for hydroxylation is 2. The minimum atomic E-state index is 0.417. The highest BCUT2D eigenvalue weighted by atomic mass is 16.5. The average Bonchev–Trinajstić information content (AvgIpc) is 3.54. The van der Waals surface area contributed by atoms with Gasteiger partial charge < -0.3 is 14.6 Å². The molecule has 37 heavy (non-hydrogen) atoms. The number of rotatable bonds is 6. The summed E-state index contributed by atoms with van der Waals surface area (Å²) in [4.78, 5) is 20.4. The van der Waals surface area contributed by atoms with Gasteiger partial charge in [-0.1, -0.05) is 29.8 Å². The van der Waals surface area contributed by atoms with E-state index in [9.17, 15) is 0 Å². The van der Waals surface area contributed by atoms with Crippen molar-refractivity contribution in [1.29, 1.82) is 0 Å². The third-order valence-corrected chi connectivity index (χ3v) is 7.57. The highest BCUT2D eigenvalue weighted by molar-refractivity contribution is 5.91. The molecule has 0 saturated carbocycles. The zero-order valence-electron chi connectivity index (χ0n) is 21.8. The quantitative estimate of drug-likeness (QED) is 0.340. The predicted molar refractivity (Wildman–Crippen MR) is 149 cm³/mol. The molecule has 1 N–H and O–H groups in total. The SMILES string of the molecule is CCOc1ccc(-c2nc(C3CCN(c4ncnc5c4C=C(c4ccc(C)cc4)C5)CC3)[nH]c2C)cc1. The van der Waals surface area contributed by atoms with E-state index >= 15 is 0 Å². The first kappa shape index (κ1) is 23.5. The molecule has 2 aromatic carbocycles. The fourth-order valence-corrected chi connectivity index (χ4v) is 5.52. The molecule has 0 bridgehead atoms. The topological polar surface area (TPSA) is 66.9 Å². The van der Waals surface area contributed by atoms with Crippen LogP contribution in [0.25, 0.3) is 22.9 Å². The largest absolute Gasteiger partial charge is 0.494 e. The van der Waals surface area contributed by atoms with Crippen LogP contribution >= 0.6 is 0 Å². The molecule has 6 rings (SSSR count). The van der Waals surface area contributed by atoms with Gasteiger partial charge in [0.05, 0.1) is 18.0 Å². The van der Waals surface area contributed by atoms with Crippen LogP contribution in [0.3, 0.4) is 0 Å². The van der Waals surface area contributed by atoms with Gasteiger partial charge in [-0.05, 0) is 75.1 Å². The molecule has 6 nitrogen and oxygen atoms in total. The molecule has 6 heteroatoms. The number of piperidine rings is 1. The van der Waals surface area contributed by atoms with Crippen LogP contribution in [0.2, 0.25) is 0 Å². The van der Waals surface area contributed by atoms with Crippen LogP contribution in [0, 0.1) is 13.8 Å². The van der Waals surface area contributed by atoms with E-state index in [1.54, 1.807) is 6.33 Å². The second kappa shape index (κ2) is 9.85. The molecule has 0 unspecified atom stereocenters. The molecule has 0 amide bonds. The van der Waals surface area contributed by atoms with E-state index in [2.05, 4.69) is 71.2 Å². The number of nitrogens with one attached hydrogen (secondary N) is 1. The van der Waals surface area contributed by atoms with Crippen molar-refractivity contribution < 1.29 is 4.74 Å². The summed E-state index contributed by atoms with van der Waals surface area (Å²) < 4.78 is 5.59. The van der Waals surface area contributed by atoms with Crippen LogP contribution < -0.4 is 9.64 Å². The molecule has 188 valence electrons. The molecule has 2 aromatic heterocycles. The second-order valence-electron chi connectivity index (χ2n) is 10.1. The average molecular weight is 492 g/mol. The van der Waals surface area contributed by atoms with Gasteiger partial charge in [0.25, 0.3) is 0 Å². The minimum Gasteiger partial charge on any atom is -0.494 e. The third-order valence-electron chi connectivity index (χ3n) is 7.57. The first-order chi connectivity index (χ1) is 18.1. The van der Waals surface area contributed by atoms with Crippen molar-refractivity contribution >= 4 is 17.5 Å². The lowest BCUT2D eigenvalue weighted by Crippen LogP contribution is -2.34. The van der Waals surface area contributed by atoms with Crippen LogP contribution in [0.4, 0.5) is 5.82 Å². The lowest BCUT2D eigenvalue weighted by molar-refractivity contribution is 0.340. The Balaban J connectivity index is 1.16. The Kier molecular flexibility index (Phi) is 6.25. The van der Waals surface area contributed by atoms with E-state index in [1.807, 2.05) is 19.1 Å². The fraction of sp³-hybridized carbons (Fsp3) is 0.323. The van der Waals surface area contributed by atoms with Crippen LogP contribution in [-0.2, 0) is 6.42 Å². The van der Waals surface area contributed by atoms with Gasteiger partial charge in [-0.15, -0.1) is 0 Å². The highest BCUT2D eigenvalue weighted by Crippen LogP contribution is 2.37. The summed E-state index contributed by atoms with van der Waals surface area (Å²) in [6.07, 6.45) is 6.97. The summed E-state index contributed by atoms with van der Waals surface area (Å²) in [5, 5.41) is 0. The number of hydrogen-bond acceptors (Lipinski definition) is 5. The number of hydrogen-bond donors (Lipinski definition) is 1. The number of fused-ring (bicyclic) bond motifs is 1. The molecule has 1 aliphatic carbocycles.